The van der Waals surface area contributed by atoms with Gasteiger partial charge in [0, 0.05) is 24.7 Å². The third-order valence-corrected chi connectivity index (χ3v) is 12.1. The topological polar surface area (TPSA) is 54.4 Å². The number of carbonyl (C=O) groups excluding carboxylic acids is 2. The summed E-state index contributed by atoms with van der Waals surface area (Å²) in [5.41, 5.74) is -0.665. The van der Waals surface area contributed by atoms with Crippen molar-refractivity contribution < 1.29 is 14.7 Å². The van der Waals surface area contributed by atoms with Crippen molar-refractivity contribution in [1.82, 2.24) is 0 Å². The molecule has 4 rings (SSSR count). The number of hydrogen-bond donors (Lipinski definition) is 1. The smallest absolute Gasteiger partial charge is 0.137 e. The van der Waals surface area contributed by atoms with Crippen molar-refractivity contribution in [3.63, 3.8) is 0 Å². The van der Waals surface area contributed by atoms with Crippen LogP contribution in [0.15, 0.2) is 0 Å². The Morgan fingerprint density at radius 1 is 0.879 bits per heavy atom. The van der Waals surface area contributed by atoms with E-state index >= 15 is 0 Å². The fourth-order valence-corrected chi connectivity index (χ4v) is 9.88. The van der Waals surface area contributed by atoms with Crippen molar-refractivity contribution >= 4 is 11.6 Å². The minimum Gasteiger partial charge on any atom is -0.393 e. The Bertz CT molecular complexity index is 798. The minimum absolute atomic E-state index is 0.0783. The van der Waals surface area contributed by atoms with E-state index in [1.807, 2.05) is 0 Å². The molecule has 0 radical (unpaired) electrons. The third kappa shape index (κ3) is 3.53. The minimum atomic E-state index is -0.387. The Morgan fingerprint density at radius 3 is 2.18 bits per heavy atom. The monoisotopic (exact) mass is 458 g/mol. The maximum atomic E-state index is 14.1. The molecule has 1 N–H and O–H groups in total. The van der Waals surface area contributed by atoms with Gasteiger partial charge in [0.1, 0.15) is 11.6 Å². The number of ketones is 2. The molecule has 0 aromatic rings. The maximum absolute atomic E-state index is 14.1. The van der Waals surface area contributed by atoms with Crippen LogP contribution in [0.1, 0.15) is 113 Å². The van der Waals surface area contributed by atoms with Crippen LogP contribution >= 0.6 is 0 Å². The predicted octanol–water partition coefficient (Wildman–Crippen LogP) is 6.85. The molecule has 4 fully saturated rings. The summed E-state index contributed by atoms with van der Waals surface area (Å²) in [4.78, 5) is 28.0. The standard InChI is InChI=1S/C30H50O3/c1-18(2)10-9-11-19(3)20-12-15-29(7)26-21(31)16-23-27(4,5)24(33)13-14-28(23,6)25(26)22(32)17-30(20,29)8/h18-20,23-26,33H,9-17H2,1-8H3/t19-,20-,23+,24+,25+,26-,28+,29+,30-/m1/s1. The molecule has 4 aliphatic rings. The van der Waals surface area contributed by atoms with Crippen LogP contribution in [-0.2, 0) is 9.59 Å². The lowest BCUT2D eigenvalue weighted by molar-refractivity contribution is -0.200. The van der Waals surface area contributed by atoms with Crippen LogP contribution in [0.5, 0.6) is 0 Å². The summed E-state index contributed by atoms with van der Waals surface area (Å²) in [5.74, 6) is 2.34. The highest BCUT2D eigenvalue weighted by molar-refractivity contribution is 5.94. The Morgan fingerprint density at radius 2 is 1.55 bits per heavy atom. The van der Waals surface area contributed by atoms with Gasteiger partial charge in [0.15, 0.2) is 0 Å². The van der Waals surface area contributed by atoms with Gasteiger partial charge < -0.3 is 5.11 Å². The van der Waals surface area contributed by atoms with E-state index in [0.29, 0.717) is 36.2 Å². The molecule has 33 heavy (non-hydrogen) atoms. The van der Waals surface area contributed by atoms with Crippen molar-refractivity contribution in [1.29, 1.82) is 0 Å². The quantitative estimate of drug-likeness (QED) is 0.490. The number of Topliss-reactive ketones (excluding diaryl/α,β-unsaturated/α-hetero) is 2. The molecule has 0 spiro atoms. The molecule has 4 aliphatic carbocycles. The number of fused-ring (bicyclic) bond motifs is 5. The Balaban J connectivity index is 1.67. The lowest BCUT2D eigenvalue weighted by atomic mass is 9.37. The van der Waals surface area contributed by atoms with E-state index in [9.17, 15) is 14.7 Å². The van der Waals surface area contributed by atoms with E-state index in [1.165, 1.54) is 19.3 Å². The average molecular weight is 459 g/mol. The lowest BCUT2D eigenvalue weighted by Crippen LogP contribution is -2.66. The summed E-state index contributed by atoms with van der Waals surface area (Å²) in [6, 6.07) is 0. The van der Waals surface area contributed by atoms with Gasteiger partial charge in [0.05, 0.1) is 6.10 Å². The first-order valence-corrected chi connectivity index (χ1v) is 13.9. The molecule has 0 saturated heterocycles. The first-order valence-electron chi connectivity index (χ1n) is 13.9. The van der Waals surface area contributed by atoms with Crippen molar-refractivity contribution in [2.45, 2.75) is 119 Å². The van der Waals surface area contributed by atoms with E-state index in [4.69, 9.17) is 0 Å². The zero-order valence-electron chi connectivity index (χ0n) is 22.7. The lowest BCUT2D eigenvalue weighted by Gasteiger charge is -2.65. The number of aliphatic hydroxyl groups excluding tert-OH is 1. The normalized spacial score (nSPS) is 47.8. The van der Waals surface area contributed by atoms with Crippen molar-refractivity contribution in [3.05, 3.63) is 0 Å². The van der Waals surface area contributed by atoms with Crippen molar-refractivity contribution in [3.8, 4) is 0 Å². The van der Waals surface area contributed by atoms with Crippen LogP contribution in [0.2, 0.25) is 0 Å². The van der Waals surface area contributed by atoms with Crippen LogP contribution in [0.25, 0.3) is 0 Å². The van der Waals surface area contributed by atoms with E-state index in [1.54, 1.807) is 0 Å². The van der Waals surface area contributed by atoms with Gasteiger partial charge in [-0.15, -0.1) is 0 Å². The van der Waals surface area contributed by atoms with Crippen LogP contribution in [-0.4, -0.2) is 22.8 Å². The predicted molar refractivity (Wildman–Crippen MR) is 134 cm³/mol. The van der Waals surface area contributed by atoms with Gasteiger partial charge >= 0.3 is 0 Å². The molecule has 0 amide bonds. The van der Waals surface area contributed by atoms with Crippen molar-refractivity contribution in [2.75, 3.05) is 0 Å². The molecule has 4 saturated carbocycles. The summed E-state index contributed by atoms with van der Waals surface area (Å²) in [7, 11) is 0. The van der Waals surface area contributed by atoms with Gasteiger partial charge in [-0.25, -0.2) is 0 Å². The summed E-state index contributed by atoms with van der Waals surface area (Å²) in [6.07, 6.45) is 8.40. The molecular weight excluding hydrogens is 408 g/mol. The second-order valence-electron chi connectivity index (χ2n) is 14.5. The zero-order valence-corrected chi connectivity index (χ0v) is 22.7. The van der Waals surface area contributed by atoms with E-state index < -0.39 is 0 Å². The number of rotatable bonds is 5. The summed E-state index contributed by atoms with van der Waals surface area (Å²) >= 11 is 0. The summed E-state index contributed by atoms with van der Waals surface area (Å²) in [5, 5.41) is 10.8. The van der Waals surface area contributed by atoms with Gasteiger partial charge in [-0.1, -0.05) is 74.7 Å². The molecule has 0 aromatic heterocycles. The SMILES string of the molecule is CC(C)CCC[C@@H](C)[C@H]1CC[C@@]2(C)[C@@H]3C(=O)C[C@H]4C(C)(C)[C@@H](O)CC[C@]4(C)[C@H]3C(=O)C[C@]12C. The van der Waals surface area contributed by atoms with E-state index in [0.717, 1.165) is 31.6 Å². The highest BCUT2D eigenvalue weighted by atomic mass is 16.3. The molecule has 9 atom stereocenters. The van der Waals surface area contributed by atoms with E-state index in [-0.39, 0.29) is 45.5 Å². The van der Waals surface area contributed by atoms with Gasteiger partial charge in [-0.2, -0.15) is 0 Å². The third-order valence-electron chi connectivity index (χ3n) is 12.1. The Hall–Kier alpha value is -0.700. The molecule has 188 valence electrons. The van der Waals surface area contributed by atoms with Gasteiger partial charge in [0.25, 0.3) is 0 Å². The van der Waals surface area contributed by atoms with Crippen LogP contribution in [0.3, 0.4) is 0 Å². The second-order valence-corrected chi connectivity index (χ2v) is 14.5. The number of aliphatic hydroxyl groups is 1. The maximum Gasteiger partial charge on any atom is 0.137 e. The van der Waals surface area contributed by atoms with E-state index in [2.05, 4.69) is 55.4 Å². The van der Waals surface area contributed by atoms with Crippen LogP contribution in [0, 0.1) is 57.2 Å². The molecular formula is C30H50O3. The largest absolute Gasteiger partial charge is 0.393 e. The fourth-order valence-electron chi connectivity index (χ4n) is 9.88. The molecule has 0 aromatic carbocycles. The van der Waals surface area contributed by atoms with Crippen LogP contribution in [0.4, 0.5) is 0 Å². The van der Waals surface area contributed by atoms with Gasteiger partial charge in [-0.3, -0.25) is 9.59 Å². The fraction of sp³-hybridized carbons (Fsp3) is 0.933. The molecule has 0 heterocycles. The first-order chi connectivity index (χ1) is 15.2. The highest BCUT2D eigenvalue weighted by Gasteiger charge is 2.72. The Labute approximate surface area is 202 Å². The molecule has 0 bridgehead atoms. The second kappa shape index (κ2) is 8.17. The number of carbonyl (C=O) groups is 2. The summed E-state index contributed by atoms with van der Waals surface area (Å²) < 4.78 is 0. The average Bonchev–Trinajstić information content (AvgIpc) is 2.97. The molecule has 0 aliphatic heterocycles. The molecule has 3 heteroatoms. The molecule has 3 nitrogen and oxygen atoms in total. The highest BCUT2D eigenvalue weighted by Crippen LogP contribution is 2.73. The first kappa shape index (κ1) is 25.4. The van der Waals surface area contributed by atoms with Gasteiger partial charge in [-0.05, 0) is 71.0 Å². The van der Waals surface area contributed by atoms with Crippen molar-refractivity contribution in [2.24, 2.45) is 57.2 Å². The Kier molecular flexibility index (Phi) is 6.29. The zero-order chi connectivity index (χ0) is 24.6. The molecule has 0 unspecified atom stereocenters. The van der Waals surface area contributed by atoms with Crippen LogP contribution < -0.4 is 0 Å². The summed E-state index contributed by atoms with van der Waals surface area (Å²) in [6.45, 7) is 18.3. The number of hydrogen-bond acceptors (Lipinski definition) is 3. The van der Waals surface area contributed by atoms with Gasteiger partial charge in [0.2, 0.25) is 0 Å².